The van der Waals surface area contributed by atoms with Gasteiger partial charge in [-0.05, 0) is 18.4 Å². The lowest BCUT2D eigenvalue weighted by Crippen LogP contribution is -2.14. The molecule has 5 heteroatoms. The molecule has 0 saturated carbocycles. The van der Waals surface area contributed by atoms with Crippen LogP contribution < -0.4 is 0 Å². The number of methoxy groups -OCH3 is 1. The second-order valence-corrected chi connectivity index (χ2v) is 3.95. The third kappa shape index (κ3) is 2.49. The molecule has 1 N–H and O–H groups in total. The number of hydrogen-bond donors (Lipinski definition) is 1. The fraction of sp³-hybridized carbons (Fsp3) is 0.273. The van der Waals surface area contributed by atoms with Crippen LogP contribution in [0.1, 0.15) is 11.8 Å². The molecule has 0 radical (unpaired) electrons. The smallest absolute Gasteiger partial charge is 0.343 e. The Morgan fingerprint density at radius 2 is 2.25 bits per heavy atom. The lowest BCUT2D eigenvalue weighted by atomic mass is 10.1. The van der Waals surface area contributed by atoms with Crippen molar-refractivity contribution in [2.24, 2.45) is 4.99 Å². The van der Waals surface area contributed by atoms with Gasteiger partial charge in [0.15, 0.2) is 0 Å². The second kappa shape index (κ2) is 5.46. The highest BCUT2D eigenvalue weighted by Crippen LogP contribution is 2.22. The summed E-state index contributed by atoms with van der Waals surface area (Å²) in [7, 11) is 2.83. The molecule has 1 rings (SSSR count). The van der Waals surface area contributed by atoms with Crippen molar-refractivity contribution in [2.75, 3.05) is 14.2 Å². The van der Waals surface area contributed by atoms with Gasteiger partial charge >= 0.3 is 5.97 Å². The molecule has 0 aliphatic carbocycles. The average Bonchev–Trinajstić information content (AvgIpc) is 2.81. The van der Waals surface area contributed by atoms with Crippen molar-refractivity contribution >= 4 is 28.8 Å². The summed E-state index contributed by atoms with van der Waals surface area (Å²) < 4.78 is 4.62. The molecule has 0 unspecified atom stereocenters. The SMILES string of the molecule is CN=C(C)/C(C(=O)OC)=C(\O)c1cccs1. The molecule has 1 heterocycles. The molecule has 86 valence electrons. The zero-order valence-electron chi connectivity index (χ0n) is 9.35. The number of aliphatic imine (C=N–C) groups is 1. The van der Waals surface area contributed by atoms with Crippen LogP contribution in [0.4, 0.5) is 0 Å². The van der Waals surface area contributed by atoms with Crippen LogP contribution in [-0.4, -0.2) is 30.9 Å². The Hall–Kier alpha value is -1.62. The number of rotatable bonds is 3. The van der Waals surface area contributed by atoms with Gasteiger partial charge in [0.05, 0.1) is 12.0 Å². The van der Waals surface area contributed by atoms with Gasteiger partial charge in [0, 0.05) is 12.8 Å². The Kier molecular flexibility index (Phi) is 4.25. The zero-order valence-corrected chi connectivity index (χ0v) is 10.2. The molecule has 0 fully saturated rings. The van der Waals surface area contributed by atoms with E-state index >= 15 is 0 Å². The Morgan fingerprint density at radius 1 is 1.56 bits per heavy atom. The molecule has 0 atom stereocenters. The molecular weight excluding hydrogens is 226 g/mol. The molecule has 0 saturated heterocycles. The number of nitrogens with zero attached hydrogens (tertiary/aromatic N) is 1. The van der Waals surface area contributed by atoms with Crippen molar-refractivity contribution in [3.8, 4) is 0 Å². The minimum Gasteiger partial charge on any atom is -0.505 e. The van der Waals surface area contributed by atoms with E-state index in [1.165, 1.54) is 18.4 Å². The molecular formula is C11H13NO3S. The molecule has 0 spiro atoms. The van der Waals surface area contributed by atoms with Crippen LogP contribution in [0.5, 0.6) is 0 Å². The second-order valence-electron chi connectivity index (χ2n) is 3.00. The highest BCUT2D eigenvalue weighted by molar-refractivity contribution is 7.11. The van der Waals surface area contributed by atoms with E-state index in [1.807, 2.05) is 5.38 Å². The maximum atomic E-state index is 11.5. The first-order chi connectivity index (χ1) is 7.61. The monoisotopic (exact) mass is 239 g/mol. The Labute approximate surface area is 97.9 Å². The van der Waals surface area contributed by atoms with Gasteiger partial charge in [-0.25, -0.2) is 4.79 Å². The molecule has 4 nitrogen and oxygen atoms in total. The van der Waals surface area contributed by atoms with Crippen molar-refractivity contribution in [1.29, 1.82) is 0 Å². The highest BCUT2D eigenvalue weighted by atomic mass is 32.1. The first kappa shape index (κ1) is 12.4. The summed E-state index contributed by atoms with van der Waals surface area (Å²) in [5.74, 6) is -0.682. The number of hydrogen-bond acceptors (Lipinski definition) is 5. The van der Waals surface area contributed by atoms with Crippen molar-refractivity contribution in [3.63, 3.8) is 0 Å². The van der Waals surface area contributed by atoms with Crippen LogP contribution in [0.2, 0.25) is 0 Å². The lowest BCUT2D eigenvalue weighted by Gasteiger charge is -2.07. The van der Waals surface area contributed by atoms with Crippen LogP contribution in [0.15, 0.2) is 28.1 Å². The van der Waals surface area contributed by atoms with Crippen LogP contribution in [0.3, 0.4) is 0 Å². The van der Waals surface area contributed by atoms with Gasteiger partial charge in [-0.3, -0.25) is 4.99 Å². The van der Waals surface area contributed by atoms with E-state index in [0.717, 1.165) is 0 Å². The summed E-state index contributed by atoms with van der Waals surface area (Å²) in [6.45, 7) is 1.65. The van der Waals surface area contributed by atoms with Gasteiger partial charge in [0.25, 0.3) is 0 Å². The van der Waals surface area contributed by atoms with Crippen molar-refractivity contribution in [1.82, 2.24) is 0 Å². The molecule has 1 aromatic rings. The van der Waals surface area contributed by atoms with Gasteiger partial charge in [-0.15, -0.1) is 11.3 Å². The van der Waals surface area contributed by atoms with E-state index in [1.54, 1.807) is 26.1 Å². The summed E-state index contributed by atoms with van der Waals surface area (Å²) in [6, 6.07) is 3.52. The van der Waals surface area contributed by atoms with Crippen LogP contribution >= 0.6 is 11.3 Å². The number of aliphatic hydroxyl groups is 1. The highest BCUT2D eigenvalue weighted by Gasteiger charge is 2.20. The van der Waals surface area contributed by atoms with E-state index in [9.17, 15) is 9.90 Å². The first-order valence-corrected chi connectivity index (χ1v) is 5.49. The summed E-state index contributed by atoms with van der Waals surface area (Å²) in [5.41, 5.74) is 0.546. The Morgan fingerprint density at radius 3 is 2.69 bits per heavy atom. The number of carbonyl (C=O) groups excluding carboxylic acids is 1. The quantitative estimate of drug-likeness (QED) is 0.381. The molecule has 1 aromatic heterocycles. The van der Waals surface area contributed by atoms with Crippen LogP contribution in [0.25, 0.3) is 5.76 Å². The maximum absolute atomic E-state index is 11.5. The predicted octanol–water partition coefficient (Wildman–Crippen LogP) is 2.28. The average molecular weight is 239 g/mol. The van der Waals surface area contributed by atoms with Crippen LogP contribution in [0, 0.1) is 0 Å². The van der Waals surface area contributed by atoms with Crippen molar-refractivity contribution in [3.05, 3.63) is 28.0 Å². The van der Waals surface area contributed by atoms with Gasteiger partial charge in [0.2, 0.25) is 0 Å². The fourth-order valence-electron chi connectivity index (χ4n) is 1.17. The van der Waals surface area contributed by atoms with Gasteiger partial charge in [-0.1, -0.05) is 6.07 Å². The number of esters is 1. The topological polar surface area (TPSA) is 58.9 Å². The third-order valence-corrected chi connectivity index (χ3v) is 2.95. The number of thiophene rings is 1. The normalized spacial score (nSPS) is 13.3. The standard InChI is InChI=1S/C11H13NO3S/c1-7(12-2)9(11(14)15-3)10(13)8-5-4-6-16-8/h4-6,13H,1-3H3/b10-9+,12-7?. The Balaban J connectivity index is 3.29. The Bertz CT molecular complexity index is 432. The van der Waals surface area contributed by atoms with Gasteiger partial charge in [-0.2, -0.15) is 0 Å². The van der Waals surface area contributed by atoms with Gasteiger partial charge < -0.3 is 9.84 Å². The minimum absolute atomic E-state index is 0.0926. The van der Waals surface area contributed by atoms with Crippen molar-refractivity contribution in [2.45, 2.75) is 6.92 Å². The summed E-state index contributed by atoms with van der Waals surface area (Å²) in [5, 5.41) is 11.8. The number of aliphatic hydroxyl groups excluding tert-OH is 1. The van der Waals surface area contributed by atoms with E-state index in [-0.39, 0.29) is 11.3 Å². The summed E-state index contributed by atoms with van der Waals surface area (Å²) >= 11 is 1.34. The lowest BCUT2D eigenvalue weighted by molar-refractivity contribution is -0.135. The largest absolute Gasteiger partial charge is 0.505 e. The van der Waals surface area contributed by atoms with E-state index < -0.39 is 5.97 Å². The molecule has 0 aliphatic heterocycles. The number of carbonyl (C=O) groups is 1. The van der Waals surface area contributed by atoms with Gasteiger partial charge in [0.1, 0.15) is 11.3 Å². The third-order valence-electron chi connectivity index (χ3n) is 2.08. The van der Waals surface area contributed by atoms with E-state index in [4.69, 9.17) is 0 Å². The molecule has 0 amide bonds. The van der Waals surface area contributed by atoms with E-state index in [2.05, 4.69) is 9.73 Å². The molecule has 0 aliphatic rings. The summed E-state index contributed by atoms with van der Waals surface area (Å²) in [6.07, 6.45) is 0. The molecule has 16 heavy (non-hydrogen) atoms. The molecule has 0 aromatic carbocycles. The molecule has 0 bridgehead atoms. The van der Waals surface area contributed by atoms with Crippen LogP contribution in [-0.2, 0) is 9.53 Å². The minimum atomic E-state index is -0.589. The fourth-order valence-corrected chi connectivity index (χ4v) is 1.84. The summed E-state index contributed by atoms with van der Waals surface area (Å²) in [4.78, 5) is 16.0. The maximum Gasteiger partial charge on any atom is 0.343 e. The zero-order chi connectivity index (χ0) is 12.1. The predicted molar refractivity (Wildman–Crippen MR) is 64.9 cm³/mol. The number of ether oxygens (including phenoxy) is 1. The van der Waals surface area contributed by atoms with E-state index in [0.29, 0.717) is 10.6 Å². The first-order valence-electron chi connectivity index (χ1n) is 4.61. The van der Waals surface area contributed by atoms with Crippen molar-refractivity contribution < 1.29 is 14.6 Å².